The normalized spacial score (nSPS) is 11.7. The van der Waals surface area contributed by atoms with Gasteiger partial charge in [0.1, 0.15) is 0 Å². The van der Waals surface area contributed by atoms with Crippen LogP contribution in [-0.4, -0.2) is 17.0 Å². The summed E-state index contributed by atoms with van der Waals surface area (Å²) in [7, 11) is 0. The van der Waals surface area contributed by atoms with Crippen molar-refractivity contribution in [1.29, 1.82) is 0 Å². The van der Waals surface area contributed by atoms with Crippen LogP contribution in [0, 0.1) is 0 Å². The van der Waals surface area contributed by atoms with Crippen LogP contribution in [0.3, 0.4) is 0 Å². The van der Waals surface area contributed by atoms with E-state index in [4.69, 9.17) is 5.11 Å². The molecule has 0 saturated heterocycles. The van der Waals surface area contributed by atoms with Gasteiger partial charge < -0.3 is 10.4 Å². The molecule has 0 aliphatic heterocycles. The predicted octanol–water partition coefficient (Wildman–Crippen LogP) is 3.27. The van der Waals surface area contributed by atoms with Gasteiger partial charge in [-0.05, 0) is 24.1 Å². The lowest BCUT2D eigenvalue weighted by atomic mass is 10.0. The third kappa shape index (κ3) is 3.48. The highest BCUT2D eigenvalue weighted by atomic mass is 16.4. The van der Waals surface area contributed by atoms with Gasteiger partial charge in [0.15, 0.2) is 0 Å². The van der Waals surface area contributed by atoms with Crippen LogP contribution in [0.25, 0.3) is 0 Å². The van der Waals surface area contributed by atoms with Gasteiger partial charge in [0.25, 0.3) is 5.91 Å². The second kappa shape index (κ2) is 6.70. The second-order valence-corrected chi connectivity index (χ2v) is 4.70. The lowest BCUT2D eigenvalue weighted by Gasteiger charge is -2.18. The highest BCUT2D eigenvalue weighted by Gasteiger charge is 2.18. The molecule has 2 rings (SSSR count). The number of nitrogens with one attached hydrogen (secondary N) is 1. The van der Waals surface area contributed by atoms with Crippen molar-refractivity contribution in [3.63, 3.8) is 0 Å². The molecule has 0 radical (unpaired) electrons. The fraction of sp³-hybridized carbons (Fsp3) is 0.176. The minimum atomic E-state index is -1.10. The maximum Gasteiger partial charge on any atom is 0.336 e. The maximum absolute atomic E-state index is 12.3. The number of carboxylic acid groups (broad SMARTS) is 1. The van der Waals surface area contributed by atoms with Gasteiger partial charge in [-0.2, -0.15) is 0 Å². The highest BCUT2D eigenvalue weighted by Crippen LogP contribution is 2.17. The minimum absolute atomic E-state index is 0.0120. The summed E-state index contributed by atoms with van der Waals surface area (Å²) in [5.41, 5.74) is 1.19. The van der Waals surface area contributed by atoms with Crippen molar-refractivity contribution in [1.82, 2.24) is 5.32 Å². The Labute approximate surface area is 123 Å². The van der Waals surface area contributed by atoms with Gasteiger partial charge in [-0.3, -0.25) is 4.79 Å². The highest BCUT2D eigenvalue weighted by molar-refractivity contribution is 6.04. The van der Waals surface area contributed by atoms with Gasteiger partial charge in [0, 0.05) is 0 Å². The van der Waals surface area contributed by atoms with E-state index < -0.39 is 5.97 Å². The third-order valence-electron chi connectivity index (χ3n) is 3.32. The van der Waals surface area contributed by atoms with Crippen LogP contribution in [0.1, 0.15) is 45.7 Å². The number of hydrogen-bond acceptors (Lipinski definition) is 2. The Morgan fingerprint density at radius 2 is 1.57 bits per heavy atom. The van der Waals surface area contributed by atoms with Crippen molar-refractivity contribution in [2.24, 2.45) is 0 Å². The van der Waals surface area contributed by atoms with Gasteiger partial charge in [0.2, 0.25) is 0 Å². The molecule has 1 atom stereocenters. The maximum atomic E-state index is 12.3. The average molecular weight is 283 g/mol. The predicted molar refractivity (Wildman–Crippen MR) is 80.3 cm³/mol. The van der Waals surface area contributed by atoms with E-state index in [0.29, 0.717) is 0 Å². The molecule has 4 nitrogen and oxygen atoms in total. The zero-order valence-corrected chi connectivity index (χ0v) is 11.7. The molecule has 108 valence electrons. The van der Waals surface area contributed by atoms with Crippen LogP contribution >= 0.6 is 0 Å². The quantitative estimate of drug-likeness (QED) is 0.885. The van der Waals surface area contributed by atoms with E-state index in [1.165, 1.54) is 12.1 Å². The molecule has 1 amide bonds. The van der Waals surface area contributed by atoms with Gasteiger partial charge >= 0.3 is 5.97 Å². The van der Waals surface area contributed by atoms with Crippen LogP contribution in [-0.2, 0) is 0 Å². The van der Waals surface area contributed by atoms with Crippen molar-refractivity contribution >= 4 is 11.9 Å². The van der Waals surface area contributed by atoms with Gasteiger partial charge in [-0.25, -0.2) is 4.79 Å². The number of benzene rings is 2. The van der Waals surface area contributed by atoms with Crippen molar-refractivity contribution in [2.45, 2.75) is 19.4 Å². The van der Waals surface area contributed by atoms with Gasteiger partial charge in [-0.15, -0.1) is 0 Å². The van der Waals surface area contributed by atoms with E-state index >= 15 is 0 Å². The first kappa shape index (κ1) is 14.8. The molecule has 0 heterocycles. The second-order valence-electron chi connectivity index (χ2n) is 4.70. The Bertz CT molecular complexity index is 637. The van der Waals surface area contributed by atoms with Crippen LogP contribution in [0.4, 0.5) is 0 Å². The Hall–Kier alpha value is -2.62. The molecule has 0 aromatic heterocycles. The first-order valence-electron chi connectivity index (χ1n) is 6.81. The van der Waals surface area contributed by atoms with E-state index in [1.54, 1.807) is 12.1 Å². The first-order chi connectivity index (χ1) is 10.1. The van der Waals surface area contributed by atoms with E-state index in [2.05, 4.69) is 5.32 Å². The molecular formula is C17H17NO3. The molecule has 2 aromatic rings. The van der Waals surface area contributed by atoms with Crippen LogP contribution in [0.15, 0.2) is 54.6 Å². The van der Waals surface area contributed by atoms with Gasteiger partial charge in [-0.1, -0.05) is 49.4 Å². The molecule has 21 heavy (non-hydrogen) atoms. The molecule has 0 bridgehead atoms. The fourth-order valence-electron chi connectivity index (χ4n) is 2.21. The van der Waals surface area contributed by atoms with Crippen molar-refractivity contribution in [3.05, 3.63) is 71.3 Å². The van der Waals surface area contributed by atoms with E-state index in [-0.39, 0.29) is 23.1 Å². The molecule has 0 fully saturated rings. The Morgan fingerprint density at radius 1 is 1.00 bits per heavy atom. The molecular weight excluding hydrogens is 266 g/mol. The molecule has 0 unspecified atom stereocenters. The number of carbonyl (C=O) groups is 2. The van der Waals surface area contributed by atoms with Crippen molar-refractivity contribution in [3.8, 4) is 0 Å². The summed E-state index contributed by atoms with van der Waals surface area (Å²) in [4.78, 5) is 23.5. The standard InChI is InChI=1S/C17H17NO3/c1-2-15(12-8-4-3-5-9-12)18-16(19)13-10-6-7-11-14(13)17(20)21/h3-11,15H,2H2,1H3,(H,18,19)(H,20,21)/t15-/m1/s1. The molecule has 0 saturated carbocycles. The largest absolute Gasteiger partial charge is 0.478 e. The lowest BCUT2D eigenvalue weighted by molar-refractivity contribution is 0.0690. The summed E-state index contributed by atoms with van der Waals surface area (Å²) < 4.78 is 0. The zero-order valence-electron chi connectivity index (χ0n) is 11.7. The summed E-state index contributed by atoms with van der Waals surface area (Å²) in [5.74, 6) is -1.47. The average Bonchev–Trinajstić information content (AvgIpc) is 2.53. The number of carbonyl (C=O) groups excluding carboxylic acids is 1. The topological polar surface area (TPSA) is 66.4 Å². The number of carboxylic acids is 1. The summed E-state index contributed by atoms with van der Waals surface area (Å²) in [5, 5.41) is 12.0. The number of hydrogen-bond donors (Lipinski definition) is 2. The van der Waals surface area contributed by atoms with Crippen molar-refractivity contribution in [2.75, 3.05) is 0 Å². The first-order valence-corrected chi connectivity index (χ1v) is 6.81. The number of aromatic carboxylic acids is 1. The molecule has 4 heteroatoms. The monoisotopic (exact) mass is 283 g/mol. The lowest BCUT2D eigenvalue weighted by Crippen LogP contribution is -2.29. The summed E-state index contributed by atoms with van der Waals surface area (Å²) in [6.45, 7) is 1.97. The van der Waals surface area contributed by atoms with E-state index in [1.807, 2.05) is 37.3 Å². The van der Waals surface area contributed by atoms with Crippen LogP contribution in [0.5, 0.6) is 0 Å². The molecule has 0 aliphatic carbocycles. The van der Waals surface area contributed by atoms with Crippen LogP contribution in [0.2, 0.25) is 0 Å². The summed E-state index contributed by atoms with van der Waals surface area (Å²) >= 11 is 0. The SMILES string of the molecule is CC[C@@H](NC(=O)c1ccccc1C(=O)O)c1ccccc1. The Morgan fingerprint density at radius 3 is 2.14 bits per heavy atom. The Balaban J connectivity index is 2.23. The molecule has 2 aromatic carbocycles. The third-order valence-corrected chi connectivity index (χ3v) is 3.32. The van der Waals surface area contributed by atoms with Crippen molar-refractivity contribution < 1.29 is 14.7 Å². The summed E-state index contributed by atoms with van der Waals surface area (Å²) in [6.07, 6.45) is 0.727. The summed E-state index contributed by atoms with van der Waals surface area (Å²) in [6, 6.07) is 15.7. The molecule has 0 spiro atoms. The van der Waals surface area contributed by atoms with Crippen LogP contribution < -0.4 is 5.32 Å². The fourth-order valence-corrected chi connectivity index (χ4v) is 2.21. The number of amides is 1. The zero-order chi connectivity index (χ0) is 15.2. The molecule has 0 aliphatic rings. The number of rotatable bonds is 5. The van der Waals surface area contributed by atoms with Gasteiger partial charge in [0.05, 0.1) is 17.2 Å². The minimum Gasteiger partial charge on any atom is -0.478 e. The molecule has 2 N–H and O–H groups in total. The Kier molecular flexibility index (Phi) is 4.72. The van der Waals surface area contributed by atoms with E-state index in [0.717, 1.165) is 12.0 Å². The van der Waals surface area contributed by atoms with E-state index in [9.17, 15) is 9.59 Å². The smallest absolute Gasteiger partial charge is 0.336 e.